The first-order valence-corrected chi connectivity index (χ1v) is 4.73. The summed E-state index contributed by atoms with van der Waals surface area (Å²) in [5, 5.41) is 3.37. The average Bonchev–Trinajstić information content (AvgIpc) is 2.36. The monoisotopic (exact) mass is 190 g/mol. The number of hydrogen-bond acceptors (Lipinski definition) is 3. The molecule has 14 heavy (non-hydrogen) atoms. The zero-order chi connectivity index (χ0) is 9.97. The highest BCUT2D eigenvalue weighted by atomic mass is 16.5. The van der Waals surface area contributed by atoms with Gasteiger partial charge in [0.05, 0.1) is 6.04 Å². The Morgan fingerprint density at radius 1 is 1.36 bits per heavy atom. The van der Waals surface area contributed by atoms with Gasteiger partial charge in [-0.25, -0.2) is 0 Å². The van der Waals surface area contributed by atoms with Gasteiger partial charge in [0.2, 0.25) is 0 Å². The number of anilines is 1. The van der Waals surface area contributed by atoms with Crippen molar-refractivity contribution < 1.29 is 4.74 Å². The zero-order valence-corrected chi connectivity index (χ0v) is 8.40. The molecule has 74 valence electrons. The van der Waals surface area contributed by atoms with E-state index in [1.807, 2.05) is 24.4 Å². The number of hydrogen-bond donors (Lipinski definition) is 1. The third kappa shape index (κ3) is 1.63. The quantitative estimate of drug-likeness (QED) is 0.733. The third-order valence-electron chi connectivity index (χ3n) is 2.37. The van der Waals surface area contributed by atoms with Gasteiger partial charge in [0.25, 0.3) is 0 Å². The number of methoxy groups -OCH3 is 1. The number of para-hydroxylation sites is 1. The van der Waals surface area contributed by atoms with Gasteiger partial charge in [-0.3, -0.25) is 4.99 Å². The lowest BCUT2D eigenvalue weighted by Gasteiger charge is -2.19. The molecule has 2 unspecified atom stereocenters. The summed E-state index contributed by atoms with van der Waals surface area (Å²) < 4.78 is 5.25. The zero-order valence-electron chi connectivity index (χ0n) is 8.40. The van der Waals surface area contributed by atoms with Gasteiger partial charge < -0.3 is 10.1 Å². The molecule has 0 bridgehead atoms. The summed E-state index contributed by atoms with van der Waals surface area (Å²) in [6.45, 7) is 2.06. The molecule has 3 nitrogen and oxygen atoms in total. The van der Waals surface area contributed by atoms with Crippen LogP contribution >= 0.6 is 0 Å². The Bertz CT molecular complexity index is 349. The summed E-state index contributed by atoms with van der Waals surface area (Å²) in [5.74, 6) is 0. The molecule has 0 aliphatic carbocycles. The summed E-state index contributed by atoms with van der Waals surface area (Å²) in [6, 6.07) is 8.30. The number of nitrogens with zero attached hydrogens (tertiary/aromatic N) is 1. The predicted octanol–water partition coefficient (Wildman–Crippen LogP) is 1.89. The molecular weight excluding hydrogens is 176 g/mol. The van der Waals surface area contributed by atoms with E-state index in [0.29, 0.717) is 0 Å². The van der Waals surface area contributed by atoms with Gasteiger partial charge in [0, 0.05) is 24.6 Å². The van der Waals surface area contributed by atoms with Crippen molar-refractivity contribution in [2.75, 3.05) is 12.4 Å². The van der Waals surface area contributed by atoms with E-state index in [1.54, 1.807) is 7.11 Å². The SMILES string of the molecule is COC1N=Cc2ccccc2NC1C. The molecule has 1 aliphatic heterocycles. The molecule has 1 heterocycles. The fourth-order valence-electron chi connectivity index (χ4n) is 1.61. The molecule has 2 atom stereocenters. The Morgan fingerprint density at radius 3 is 2.93 bits per heavy atom. The van der Waals surface area contributed by atoms with Gasteiger partial charge in [-0.1, -0.05) is 18.2 Å². The first kappa shape index (κ1) is 9.21. The smallest absolute Gasteiger partial charge is 0.167 e. The summed E-state index contributed by atoms with van der Waals surface area (Å²) >= 11 is 0. The highest BCUT2D eigenvalue weighted by molar-refractivity contribution is 5.88. The largest absolute Gasteiger partial charge is 0.377 e. The van der Waals surface area contributed by atoms with Crippen molar-refractivity contribution in [3.8, 4) is 0 Å². The van der Waals surface area contributed by atoms with Crippen molar-refractivity contribution in [2.45, 2.75) is 19.2 Å². The molecule has 1 aliphatic rings. The first-order chi connectivity index (χ1) is 6.81. The van der Waals surface area contributed by atoms with Gasteiger partial charge in [-0.2, -0.15) is 0 Å². The number of aliphatic imine (C=N–C) groups is 1. The maximum Gasteiger partial charge on any atom is 0.167 e. The molecule has 0 saturated heterocycles. The van der Waals surface area contributed by atoms with Crippen LogP contribution in [0.5, 0.6) is 0 Å². The molecule has 0 amide bonds. The summed E-state index contributed by atoms with van der Waals surface area (Å²) in [6.07, 6.45) is 1.75. The Labute approximate surface area is 83.8 Å². The van der Waals surface area contributed by atoms with E-state index in [1.165, 1.54) is 0 Å². The molecule has 0 saturated carbocycles. The maximum atomic E-state index is 5.25. The van der Waals surface area contributed by atoms with E-state index >= 15 is 0 Å². The molecule has 1 N–H and O–H groups in total. The first-order valence-electron chi connectivity index (χ1n) is 4.73. The molecule has 3 heteroatoms. The van der Waals surface area contributed by atoms with Gasteiger partial charge in [-0.05, 0) is 13.0 Å². The fourth-order valence-corrected chi connectivity index (χ4v) is 1.61. The van der Waals surface area contributed by atoms with Crippen molar-refractivity contribution in [2.24, 2.45) is 4.99 Å². The second kappa shape index (κ2) is 3.80. The maximum absolute atomic E-state index is 5.25. The predicted molar refractivity (Wildman–Crippen MR) is 57.9 cm³/mol. The molecule has 2 rings (SSSR count). The minimum absolute atomic E-state index is 0.109. The van der Waals surface area contributed by atoms with Crippen LogP contribution in [0.1, 0.15) is 12.5 Å². The highest BCUT2D eigenvalue weighted by Crippen LogP contribution is 2.19. The van der Waals surface area contributed by atoms with Gasteiger partial charge in [0.1, 0.15) is 0 Å². The van der Waals surface area contributed by atoms with Crippen LogP contribution in [0.2, 0.25) is 0 Å². The van der Waals surface area contributed by atoms with E-state index in [4.69, 9.17) is 4.74 Å². The normalized spacial score (nSPS) is 25.0. The summed E-state index contributed by atoms with van der Waals surface area (Å²) in [5.41, 5.74) is 2.22. The van der Waals surface area contributed by atoms with Crippen molar-refractivity contribution in [1.29, 1.82) is 0 Å². The van der Waals surface area contributed by atoms with Crippen LogP contribution in [-0.4, -0.2) is 25.6 Å². The topological polar surface area (TPSA) is 33.6 Å². The summed E-state index contributed by atoms with van der Waals surface area (Å²) in [4.78, 5) is 4.35. The number of ether oxygens (including phenoxy) is 1. The van der Waals surface area contributed by atoms with Gasteiger partial charge >= 0.3 is 0 Å². The fraction of sp³-hybridized carbons (Fsp3) is 0.364. The van der Waals surface area contributed by atoms with E-state index in [-0.39, 0.29) is 12.3 Å². The molecule has 1 aromatic rings. The minimum Gasteiger partial charge on any atom is -0.377 e. The minimum atomic E-state index is -0.109. The molecule has 0 aromatic heterocycles. The highest BCUT2D eigenvalue weighted by Gasteiger charge is 2.18. The van der Waals surface area contributed by atoms with E-state index in [9.17, 15) is 0 Å². The third-order valence-corrected chi connectivity index (χ3v) is 2.37. The van der Waals surface area contributed by atoms with Crippen molar-refractivity contribution in [3.05, 3.63) is 29.8 Å². The second-order valence-corrected chi connectivity index (χ2v) is 3.42. The Hall–Kier alpha value is -1.35. The number of fused-ring (bicyclic) bond motifs is 1. The second-order valence-electron chi connectivity index (χ2n) is 3.42. The van der Waals surface area contributed by atoms with Gasteiger partial charge in [0.15, 0.2) is 6.23 Å². The van der Waals surface area contributed by atoms with Gasteiger partial charge in [-0.15, -0.1) is 0 Å². The van der Waals surface area contributed by atoms with Crippen molar-refractivity contribution >= 4 is 11.9 Å². The summed E-state index contributed by atoms with van der Waals surface area (Å²) in [7, 11) is 1.68. The van der Waals surface area contributed by atoms with Crippen LogP contribution in [-0.2, 0) is 4.74 Å². The van der Waals surface area contributed by atoms with E-state index in [2.05, 4.69) is 23.3 Å². The van der Waals surface area contributed by atoms with Crippen LogP contribution in [0.3, 0.4) is 0 Å². The molecular formula is C11H14N2O. The molecule has 1 aromatic carbocycles. The average molecular weight is 190 g/mol. The van der Waals surface area contributed by atoms with Crippen LogP contribution < -0.4 is 5.32 Å². The Balaban J connectivity index is 2.34. The lowest BCUT2D eigenvalue weighted by atomic mass is 10.2. The lowest BCUT2D eigenvalue weighted by Crippen LogP contribution is -2.29. The Morgan fingerprint density at radius 2 is 2.14 bits per heavy atom. The number of rotatable bonds is 1. The van der Waals surface area contributed by atoms with Crippen molar-refractivity contribution in [1.82, 2.24) is 0 Å². The molecule has 0 radical (unpaired) electrons. The molecule has 0 spiro atoms. The van der Waals surface area contributed by atoms with Crippen LogP contribution in [0.25, 0.3) is 0 Å². The van der Waals surface area contributed by atoms with E-state index in [0.717, 1.165) is 11.3 Å². The number of nitrogens with one attached hydrogen (secondary N) is 1. The number of benzodiazepines with no additional fused rings is 1. The Kier molecular flexibility index (Phi) is 2.50. The molecule has 0 fully saturated rings. The lowest BCUT2D eigenvalue weighted by molar-refractivity contribution is 0.0991. The van der Waals surface area contributed by atoms with Crippen molar-refractivity contribution in [3.63, 3.8) is 0 Å². The number of benzene rings is 1. The standard InChI is InChI=1S/C11H14N2O/c1-8-11(14-2)12-7-9-5-3-4-6-10(9)13-8/h3-8,11,13H,1-2H3. The van der Waals surface area contributed by atoms with E-state index < -0.39 is 0 Å². The van der Waals surface area contributed by atoms with Crippen LogP contribution in [0, 0.1) is 0 Å². The van der Waals surface area contributed by atoms with Crippen LogP contribution in [0.15, 0.2) is 29.3 Å². The van der Waals surface area contributed by atoms with Crippen LogP contribution in [0.4, 0.5) is 5.69 Å².